The molecule has 2 amide bonds. The minimum Gasteiger partial charge on any atom is -0.490 e. The number of nitrogens with zero attached hydrogens (tertiary/aromatic N) is 4. The van der Waals surface area contributed by atoms with Gasteiger partial charge in [0.15, 0.2) is 23.0 Å². The van der Waals surface area contributed by atoms with Crippen LogP contribution in [0.2, 0.25) is 0 Å². The van der Waals surface area contributed by atoms with Gasteiger partial charge in [0.2, 0.25) is 0 Å². The van der Waals surface area contributed by atoms with Crippen LogP contribution in [-0.4, -0.2) is 85.6 Å². The third kappa shape index (κ3) is 6.37. The molecule has 238 valence electrons. The molecule has 5 aliphatic rings. The highest BCUT2D eigenvalue weighted by atomic mass is 16.5. The van der Waals surface area contributed by atoms with Gasteiger partial charge in [0.1, 0.15) is 0 Å². The maximum Gasteiger partial charge on any atom is 0.256 e. The van der Waals surface area contributed by atoms with Crippen molar-refractivity contribution in [2.75, 3.05) is 39.5 Å². The molecular weight excluding hydrogens is 572 g/mol. The summed E-state index contributed by atoms with van der Waals surface area (Å²) in [6.07, 6.45) is 14.4. The van der Waals surface area contributed by atoms with E-state index in [0.717, 1.165) is 77.3 Å². The second-order valence-electron chi connectivity index (χ2n) is 12.5. The Labute approximate surface area is 264 Å². The summed E-state index contributed by atoms with van der Waals surface area (Å²) in [5.41, 5.74) is 2.37. The van der Waals surface area contributed by atoms with Gasteiger partial charge >= 0.3 is 0 Å². The Kier molecular flexibility index (Phi) is 8.89. The van der Waals surface area contributed by atoms with Crippen LogP contribution in [0.5, 0.6) is 23.0 Å². The van der Waals surface area contributed by atoms with Crippen LogP contribution in [0.25, 0.3) is 0 Å². The molecule has 10 nitrogen and oxygen atoms in total. The first kappa shape index (κ1) is 29.6. The van der Waals surface area contributed by atoms with Crippen LogP contribution in [0, 0.1) is 0 Å². The quantitative estimate of drug-likeness (QED) is 0.346. The normalized spacial score (nSPS) is 23.9. The zero-order chi connectivity index (χ0) is 30.6. The van der Waals surface area contributed by atoms with E-state index in [9.17, 15) is 9.59 Å². The molecule has 2 fully saturated rings. The lowest BCUT2D eigenvalue weighted by atomic mass is 10.1. The van der Waals surface area contributed by atoms with Gasteiger partial charge < -0.3 is 28.7 Å². The number of ether oxygens (including phenoxy) is 4. The molecule has 2 atom stereocenters. The van der Waals surface area contributed by atoms with Gasteiger partial charge in [-0.3, -0.25) is 19.6 Å². The van der Waals surface area contributed by atoms with E-state index in [1.54, 1.807) is 0 Å². The van der Waals surface area contributed by atoms with E-state index in [0.29, 0.717) is 78.3 Å². The molecule has 0 saturated carbocycles. The van der Waals surface area contributed by atoms with Crippen molar-refractivity contribution in [3.63, 3.8) is 0 Å². The topological polar surface area (TPSA) is 102 Å². The van der Waals surface area contributed by atoms with Gasteiger partial charge in [-0.2, -0.15) is 0 Å². The lowest BCUT2D eigenvalue weighted by Gasteiger charge is -2.21. The Morgan fingerprint density at radius 2 is 0.911 bits per heavy atom. The molecule has 7 rings (SSSR count). The first-order chi connectivity index (χ1) is 22.2. The van der Waals surface area contributed by atoms with Crippen molar-refractivity contribution in [3.8, 4) is 23.0 Å². The van der Waals surface area contributed by atoms with Crippen LogP contribution < -0.4 is 18.9 Å². The SMILES string of the molecule is O=C1c2cc3c(cc2N=C[C@@H]2CCCN12)OCCCOc1cc2c(cc1OCCCCCCCCO3)C(=O)N1CCC[C@H]1C=N2. The van der Waals surface area contributed by atoms with Crippen LogP contribution in [0.3, 0.4) is 0 Å². The molecule has 0 radical (unpaired) electrons. The van der Waals surface area contributed by atoms with E-state index in [2.05, 4.69) is 9.98 Å². The third-order valence-corrected chi connectivity index (χ3v) is 9.33. The van der Waals surface area contributed by atoms with Gasteiger partial charge in [-0.1, -0.05) is 25.7 Å². The highest BCUT2D eigenvalue weighted by molar-refractivity contribution is 6.04. The van der Waals surface area contributed by atoms with Crippen molar-refractivity contribution in [1.29, 1.82) is 0 Å². The maximum absolute atomic E-state index is 13.4. The molecule has 0 aromatic heterocycles. The summed E-state index contributed by atoms with van der Waals surface area (Å²) in [6.45, 7) is 3.39. The Hall–Kier alpha value is -4.08. The molecular formula is C35H42N4O6. The minimum absolute atomic E-state index is 0.00512. The summed E-state index contributed by atoms with van der Waals surface area (Å²) in [5, 5.41) is 0. The van der Waals surface area contributed by atoms with Crippen LogP contribution >= 0.6 is 0 Å². The van der Waals surface area contributed by atoms with Gasteiger partial charge in [-0.05, 0) is 50.7 Å². The van der Waals surface area contributed by atoms with Gasteiger partial charge in [-0.15, -0.1) is 0 Å². The van der Waals surface area contributed by atoms with E-state index in [1.807, 2.05) is 46.5 Å². The molecule has 0 bridgehead atoms. The Morgan fingerprint density at radius 1 is 0.511 bits per heavy atom. The van der Waals surface area contributed by atoms with Crippen molar-refractivity contribution in [2.45, 2.75) is 82.7 Å². The molecule has 2 aromatic rings. The lowest BCUT2D eigenvalue weighted by Crippen LogP contribution is -2.35. The monoisotopic (exact) mass is 614 g/mol. The molecule has 0 aliphatic carbocycles. The van der Waals surface area contributed by atoms with Crippen molar-refractivity contribution in [2.24, 2.45) is 9.98 Å². The van der Waals surface area contributed by atoms with E-state index in [-0.39, 0.29) is 23.9 Å². The Balaban J connectivity index is 1.10. The van der Waals surface area contributed by atoms with Crippen molar-refractivity contribution in [3.05, 3.63) is 35.4 Å². The largest absolute Gasteiger partial charge is 0.490 e. The molecule has 5 heterocycles. The third-order valence-electron chi connectivity index (χ3n) is 9.33. The van der Waals surface area contributed by atoms with Crippen molar-refractivity contribution in [1.82, 2.24) is 9.80 Å². The van der Waals surface area contributed by atoms with Gasteiger partial charge in [0.25, 0.3) is 11.8 Å². The highest BCUT2D eigenvalue weighted by Gasteiger charge is 2.34. The van der Waals surface area contributed by atoms with Crippen molar-refractivity contribution >= 4 is 35.6 Å². The predicted molar refractivity (Wildman–Crippen MR) is 172 cm³/mol. The molecule has 2 aromatic carbocycles. The number of carbonyl (C=O) groups is 2. The summed E-state index contributed by atoms with van der Waals surface area (Å²) >= 11 is 0. The lowest BCUT2D eigenvalue weighted by molar-refractivity contribution is 0.0766. The fraction of sp³-hybridized carbons (Fsp3) is 0.543. The Bertz CT molecular complexity index is 1380. The fourth-order valence-corrected chi connectivity index (χ4v) is 6.85. The molecule has 5 aliphatic heterocycles. The van der Waals surface area contributed by atoms with Gasteiger partial charge in [0.05, 0.1) is 61.0 Å². The number of amides is 2. The second-order valence-corrected chi connectivity index (χ2v) is 12.5. The van der Waals surface area contributed by atoms with Crippen molar-refractivity contribution < 1.29 is 28.5 Å². The van der Waals surface area contributed by atoms with Gasteiger partial charge in [0, 0.05) is 44.1 Å². The zero-order valence-corrected chi connectivity index (χ0v) is 25.9. The summed E-state index contributed by atoms with van der Waals surface area (Å²) in [7, 11) is 0. The van der Waals surface area contributed by atoms with Crippen LogP contribution in [-0.2, 0) is 0 Å². The van der Waals surface area contributed by atoms with E-state index >= 15 is 0 Å². The minimum atomic E-state index is 0.00512. The van der Waals surface area contributed by atoms with Crippen LogP contribution in [0.1, 0.15) is 91.3 Å². The summed E-state index contributed by atoms with van der Waals surface area (Å²) < 4.78 is 24.9. The van der Waals surface area contributed by atoms with Gasteiger partial charge in [-0.25, -0.2) is 0 Å². The first-order valence-corrected chi connectivity index (χ1v) is 16.7. The summed E-state index contributed by atoms with van der Waals surface area (Å²) in [4.78, 5) is 40.0. The number of fused-ring (bicyclic) bond motifs is 6. The molecule has 2 saturated heterocycles. The van der Waals surface area contributed by atoms with E-state index in [1.165, 1.54) is 0 Å². The standard InChI is InChI=1S/C35H42N4O6/c40-34-26-18-30-32(20-28(26)36-22-24-10-7-12-38(24)34)44-16-9-17-45-33-21-29-27(35(41)39-13-8-11-25(39)23-37-29)19-31(33)43-15-6-4-2-1-3-5-14-42-30/h18-25H,1-17H2/t24-,25-/m0/s1. The summed E-state index contributed by atoms with van der Waals surface area (Å²) in [6, 6.07) is 7.40. The number of carbonyl (C=O) groups excluding carboxylic acids is 2. The maximum atomic E-state index is 13.4. The Morgan fingerprint density at radius 3 is 1.38 bits per heavy atom. The average Bonchev–Trinajstić information content (AvgIpc) is 3.68. The molecule has 0 N–H and O–H groups in total. The zero-order valence-electron chi connectivity index (χ0n) is 25.9. The molecule has 45 heavy (non-hydrogen) atoms. The van der Waals surface area contributed by atoms with E-state index < -0.39 is 0 Å². The number of benzene rings is 2. The molecule has 0 spiro atoms. The van der Waals surface area contributed by atoms with E-state index in [4.69, 9.17) is 18.9 Å². The number of hydrogen-bond acceptors (Lipinski definition) is 8. The second kappa shape index (κ2) is 13.5. The van der Waals surface area contributed by atoms with Crippen LogP contribution in [0.15, 0.2) is 34.3 Å². The predicted octanol–water partition coefficient (Wildman–Crippen LogP) is 6.29. The average molecular weight is 615 g/mol. The fourth-order valence-electron chi connectivity index (χ4n) is 6.85. The number of rotatable bonds is 0. The summed E-state index contributed by atoms with van der Waals surface area (Å²) in [5.74, 6) is 2.34. The molecule has 10 heteroatoms. The smallest absolute Gasteiger partial charge is 0.256 e. The highest BCUT2D eigenvalue weighted by Crippen LogP contribution is 2.40. The number of hydrogen-bond donors (Lipinski definition) is 0. The van der Waals surface area contributed by atoms with Crippen LogP contribution in [0.4, 0.5) is 11.4 Å². The number of aliphatic imine (C=N–C) groups is 2. The first-order valence-electron chi connectivity index (χ1n) is 16.7. The molecule has 0 unspecified atom stereocenters.